The normalized spacial score (nSPS) is 20.7. The number of hydrogen-bond donors (Lipinski definition) is 0. The smallest absolute Gasteiger partial charge is 0.135 e. The fourth-order valence-corrected chi connectivity index (χ4v) is 14.9. The van der Waals surface area contributed by atoms with Crippen molar-refractivity contribution in [1.29, 1.82) is 0 Å². The van der Waals surface area contributed by atoms with Crippen molar-refractivity contribution in [1.82, 2.24) is 9.97 Å². The second-order valence-corrected chi connectivity index (χ2v) is 17.2. The van der Waals surface area contributed by atoms with E-state index < -0.39 is 0 Å². The first-order valence-electron chi connectivity index (χ1n) is 10.4. The van der Waals surface area contributed by atoms with Gasteiger partial charge in [0, 0.05) is 4.91 Å². The summed E-state index contributed by atoms with van der Waals surface area (Å²) in [4.78, 5) is 15.7. The maximum absolute atomic E-state index is 4.93. The van der Waals surface area contributed by atoms with Gasteiger partial charge in [-0.05, 0) is 30.7 Å². The third-order valence-corrected chi connectivity index (χ3v) is 16.5. The summed E-state index contributed by atoms with van der Waals surface area (Å²) in [5, 5.41) is 3.02. The zero-order valence-corrected chi connectivity index (χ0v) is 24.5. The van der Waals surface area contributed by atoms with Gasteiger partial charge in [-0.25, -0.2) is 15.0 Å². The first-order valence-corrected chi connectivity index (χ1v) is 16.9. The number of benzene rings is 2. The molecule has 2 aromatic carbocycles. The molecule has 172 valence electrons. The average Bonchev–Trinajstić information content (AvgIpc) is 3.46. The van der Waals surface area contributed by atoms with Gasteiger partial charge >= 0.3 is 0 Å². The summed E-state index contributed by atoms with van der Waals surface area (Å²) in [6, 6.07) is 16.3. The maximum atomic E-state index is 4.93. The Morgan fingerprint density at radius 3 is 1.69 bits per heavy atom. The Morgan fingerprint density at radius 1 is 0.600 bits per heavy atom. The van der Waals surface area contributed by atoms with E-state index in [2.05, 4.69) is 25.6 Å². The first kappa shape index (κ1) is 23.3. The van der Waals surface area contributed by atoms with Crippen LogP contribution in [0, 0.1) is 6.92 Å². The molecule has 3 nitrogen and oxygen atoms in total. The number of aryl methyl sites for hydroxylation is 1. The summed E-state index contributed by atoms with van der Waals surface area (Å²) < 4.78 is 7.96. The van der Waals surface area contributed by atoms with Gasteiger partial charge in [-0.2, -0.15) is 0 Å². The fourth-order valence-electron chi connectivity index (χ4n) is 3.42. The minimum absolute atomic E-state index is 0.953. The Labute approximate surface area is 236 Å². The Kier molecular flexibility index (Phi) is 6.34. The van der Waals surface area contributed by atoms with Gasteiger partial charge in [-0.3, -0.25) is 0 Å². The summed E-state index contributed by atoms with van der Waals surface area (Å²) >= 11 is 14.5. The topological polar surface area (TPSA) is 38.1 Å². The van der Waals surface area contributed by atoms with Crippen LogP contribution in [-0.4, -0.2) is 15.0 Å². The molecule has 7 rings (SSSR count). The van der Waals surface area contributed by atoms with E-state index in [1.165, 1.54) is 31.0 Å². The fraction of sp³-hybridized carbons (Fsp3) is 0.0417. The molecule has 0 radical (unpaired) electrons. The quantitative estimate of drug-likeness (QED) is 0.270. The highest BCUT2D eigenvalue weighted by atomic mass is 32.3. The molecular formula is C24H13N3S8. The Bertz CT molecular complexity index is 1530. The van der Waals surface area contributed by atoms with Crippen LogP contribution in [0.5, 0.6) is 0 Å². The molecule has 11 heteroatoms. The van der Waals surface area contributed by atoms with Crippen molar-refractivity contribution < 1.29 is 0 Å². The number of fused-ring (bicyclic) bond motifs is 2. The number of hydrogen-bond acceptors (Lipinski definition) is 11. The van der Waals surface area contributed by atoms with E-state index in [9.17, 15) is 0 Å². The van der Waals surface area contributed by atoms with E-state index in [0.29, 0.717) is 0 Å². The van der Waals surface area contributed by atoms with Crippen molar-refractivity contribution in [2.24, 2.45) is 4.99 Å². The van der Waals surface area contributed by atoms with Gasteiger partial charge in [0.15, 0.2) is 0 Å². The zero-order valence-electron chi connectivity index (χ0n) is 17.9. The number of rotatable bonds is 1. The van der Waals surface area contributed by atoms with Crippen LogP contribution in [0.3, 0.4) is 0 Å². The van der Waals surface area contributed by atoms with Gasteiger partial charge in [0.25, 0.3) is 0 Å². The number of thioether (sulfide) groups is 8. The molecule has 1 aromatic heterocycles. The second kappa shape index (κ2) is 9.50. The molecule has 0 N–H and O–H groups in total. The van der Waals surface area contributed by atoms with Crippen LogP contribution in [0.2, 0.25) is 0 Å². The third-order valence-electron chi connectivity index (χ3n) is 5.11. The minimum atomic E-state index is 0.953. The van der Waals surface area contributed by atoms with Crippen LogP contribution < -0.4 is 0 Å². The summed E-state index contributed by atoms with van der Waals surface area (Å²) in [6.45, 7) is 6.41. The van der Waals surface area contributed by atoms with Crippen LogP contribution >= 0.6 is 94.1 Å². The standard InChI is InChI=1S/C24H13N3S8/c1-11-7-3-4-8-13(11)25-16-12(2)28-19-20(29-16)33-23(32-19)24-34-21-22(35-24)31-18-17(30-21)26-14-9-5-6-10-15(14)27-18/h3-10H,2H2,1H3. The van der Waals surface area contributed by atoms with Crippen molar-refractivity contribution in [2.75, 3.05) is 0 Å². The van der Waals surface area contributed by atoms with Gasteiger partial charge < -0.3 is 0 Å². The lowest BCUT2D eigenvalue weighted by atomic mass is 10.2. The molecule has 4 aliphatic heterocycles. The van der Waals surface area contributed by atoms with E-state index in [0.717, 1.165) is 36.7 Å². The molecule has 0 bridgehead atoms. The van der Waals surface area contributed by atoms with Gasteiger partial charge in [-0.15, -0.1) is 0 Å². The summed E-state index contributed by atoms with van der Waals surface area (Å²) in [6.07, 6.45) is 0. The SMILES string of the molecule is C=C1SC2=C(SC1=Nc1ccccc1C)SC(=C1SC3=C(S1)Sc1nc4ccccc4nc1S3)S2. The van der Waals surface area contributed by atoms with Crippen molar-refractivity contribution in [3.05, 3.63) is 91.0 Å². The molecule has 3 aromatic rings. The summed E-state index contributed by atoms with van der Waals surface area (Å²) in [5.41, 5.74) is 4.10. The molecule has 0 aliphatic carbocycles. The monoisotopic (exact) mass is 599 g/mol. The zero-order chi connectivity index (χ0) is 23.5. The van der Waals surface area contributed by atoms with Crippen LogP contribution in [0.1, 0.15) is 5.56 Å². The van der Waals surface area contributed by atoms with E-state index in [4.69, 9.17) is 15.0 Å². The van der Waals surface area contributed by atoms with Gasteiger partial charge in [-0.1, -0.05) is 131 Å². The van der Waals surface area contributed by atoms with Crippen molar-refractivity contribution in [2.45, 2.75) is 17.0 Å². The highest BCUT2D eigenvalue weighted by Gasteiger charge is 2.36. The van der Waals surface area contributed by atoms with Crippen molar-refractivity contribution in [3.8, 4) is 0 Å². The highest BCUT2D eigenvalue weighted by Crippen LogP contribution is 2.70. The van der Waals surface area contributed by atoms with Gasteiger partial charge in [0.05, 0.1) is 42.1 Å². The van der Waals surface area contributed by atoms with E-state index in [-0.39, 0.29) is 0 Å². The van der Waals surface area contributed by atoms with E-state index in [1.54, 1.807) is 47.0 Å². The van der Waals surface area contributed by atoms with Crippen molar-refractivity contribution in [3.63, 3.8) is 0 Å². The lowest BCUT2D eigenvalue weighted by Gasteiger charge is -2.15. The number of para-hydroxylation sites is 3. The molecule has 4 aliphatic rings. The second-order valence-electron chi connectivity index (χ2n) is 7.49. The highest BCUT2D eigenvalue weighted by molar-refractivity contribution is 8.47. The van der Waals surface area contributed by atoms with Crippen LogP contribution in [0.4, 0.5) is 5.69 Å². The molecule has 0 atom stereocenters. The first-order chi connectivity index (χ1) is 17.1. The molecular weight excluding hydrogens is 587 g/mol. The van der Waals surface area contributed by atoms with Crippen LogP contribution in [0.25, 0.3) is 11.0 Å². The largest absolute Gasteiger partial charge is 0.240 e. The number of aromatic nitrogens is 2. The van der Waals surface area contributed by atoms with Gasteiger partial charge in [0.1, 0.15) is 15.1 Å². The average molecular weight is 600 g/mol. The molecule has 0 saturated carbocycles. The predicted molar refractivity (Wildman–Crippen MR) is 165 cm³/mol. The lowest BCUT2D eigenvalue weighted by Crippen LogP contribution is -1.98. The molecule has 35 heavy (non-hydrogen) atoms. The molecule has 5 heterocycles. The summed E-state index contributed by atoms with van der Waals surface area (Å²) in [7, 11) is 0. The Hall–Kier alpha value is -0.790. The number of aliphatic imine (C=N–C) groups is 1. The molecule has 0 saturated heterocycles. The molecule has 0 amide bonds. The lowest BCUT2D eigenvalue weighted by molar-refractivity contribution is 0.974. The van der Waals surface area contributed by atoms with E-state index >= 15 is 0 Å². The summed E-state index contributed by atoms with van der Waals surface area (Å²) in [5.74, 6) is 0. The Balaban J connectivity index is 1.11. The van der Waals surface area contributed by atoms with E-state index in [1.807, 2.05) is 83.4 Å². The molecule has 0 fully saturated rings. The maximum Gasteiger partial charge on any atom is 0.135 e. The Morgan fingerprint density at radius 2 is 1.09 bits per heavy atom. The minimum Gasteiger partial charge on any atom is -0.240 e. The van der Waals surface area contributed by atoms with Gasteiger partial charge in [0.2, 0.25) is 0 Å². The van der Waals surface area contributed by atoms with Crippen LogP contribution in [-0.2, 0) is 0 Å². The van der Waals surface area contributed by atoms with Crippen LogP contribution in [0.15, 0.2) is 100 Å². The molecule has 0 unspecified atom stereocenters. The predicted octanol–water partition coefficient (Wildman–Crippen LogP) is 10.2. The third kappa shape index (κ3) is 4.46. The van der Waals surface area contributed by atoms with Crippen molar-refractivity contribution >= 4 is 116 Å². The molecule has 0 spiro atoms. The number of nitrogens with zero attached hydrogens (tertiary/aromatic N) is 3.